The third-order valence-corrected chi connectivity index (χ3v) is 3.26. The van der Waals surface area contributed by atoms with E-state index in [0.717, 1.165) is 11.3 Å². The van der Waals surface area contributed by atoms with Gasteiger partial charge in [0, 0.05) is 19.2 Å². The van der Waals surface area contributed by atoms with Crippen molar-refractivity contribution < 1.29 is 9.53 Å². The molecule has 2 rings (SSSR count). The van der Waals surface area contributed by atoms with Gasteiger partial charge in [0.1, 0.15) is 5.75 Å². The van der Waals surface area contributed by atoms with E-state index in [4.69, 9.17) is 10.00 Å². The van der Waals surface area contributed by atoms with Crippen molar-refractivity contribution in [2.75, 3.05) is 13.7 Å². The van der Waals surface area contributed by atoms with Crippen LogP contribution >= 0.6 is 0 Å². The lowest BCUT2D eigenvalue weighted by atomic mass is 10.1. The summed E-state index contributed by atoms with van der Waals surface area (Å²) in [6.07, 6.45) is 0. The van der Waals surface area contributed by atoms with Gasteiger partial charge in [-0.25, -0.2) is 0 Å². The fourth-order valence-corrected chi connectivity index (χ4v) is 2.11. The van der Waals surface area contributed by atoms with E-state index < -0.39 is 0 Å². The number of carbonyl (C=O) groups excluding carboxylic acids is 1. The zero-order chi connectivity index (χ0) is 15.9. The highest BCUT2D eigenvalue weighted by molar-refractivity contribution is 5.94. The van der Waals surface area contributed by atoms with Crippen molar-refractivity contribution in [3.05, 3.63) is 65.2 Å². The van der Waals surface area contributed by atoms with Crippen LogP contribution in [0.1, 0.15) is 28.4 Å². The van der Waals surface area contributed by atoms with E-state index in [-0.39, 0.29) is 5.91 Å². The Kier molecular flexibility index (Phi) is 5.16. The molecule has 0 bridgehead atoms. The van der Waals surface area contributed by atoms with Gasteiger partial charge in [0.2, 0.25) is 0 Å². The summed E-state index contributed by atoms with van der Waals surface area (Å²) >= 11 is 0. The molecule has 2 aromatic carbocycles. The van der Waals surface area contributed by atoms with Crippen LogP contribution in [0, 0.1) is 11.3 Å². The molecule has 0 atom stereocenters. The lowest BCUT2D eigenvalue weighted by Gasteiger charge is -2.17. The normalized spacial score (nSPS) is 9.86. The van der Waals surface area contributed by atoms with E-state index in [0.29, 0.717) is 24.3 Å². The first-order chi connectivity index (χ1) is 10.6. The molecule has 0 fully saturated rings. The molecule has 0 aliphatic carbocycles. The van der Waals surface area contributed by atoms with Gasteiger partial charge in [0.05, 0.1) is 18.2 Å². The Balaban J connectivity index is 2.02. The monoisotopic (exact) mass is 294 g/mol. The second-order valence-electron chi connectivity index (χ2n) is 4.93. The lowest BCUT2D eigenvalue weighted by Crippen LogP contribution is -2.26. The van der Waals surface area contributed by atoms with Gasteiger partial charge >= 0.3 is 0 Å². The summed E-state index contributed by atoms with van der Waals surface area (Å²) in [4.78, 5) is 14.0. The number of carbonyl (C=O) groups is 1. The fraction of sp³-hybridized carbons (Fsp3) is 0.222. The highest BCUT2D eigenvalue weighted by Gasteiger charge is 2.12. The molecule has 22 heavy (non-hydrogen) atoms. The summed E-state index contributed by atoms with van der Waals surface area (Å²) in [5, 5.41) is 8.78. The Morgan fingerprint density at radius 2 is 1.77 bits per heavy atom. The second kappa shape index (κ2) is 7.28. The molecule has 0 radical (unpaired) electrons. The number of benzene rings is 2. The van der Waals surface area contributed by atoms with Crippen molar-refractivity contribution >= 4 is 5.91 Å². The van der Waals surface area contributed by atoms with Crippen LogP contribution in [0.5, 0.6) is 5.75 Å². The Labute approximate surface area is 130 Å². The van der Waals surface area contributed by atoms with Crippen molar-refractivity contribution in [3.8, 4) is 11.8 Å². The maximum atomic E-state index is 12.3. The van der Waals surface area contributed by atoms with E-state index in [1.54, 1.807) is 36.2 Å². The van der Waals surface area contributed by atoms with E-state index in [1.807, 2.05) is 37.3 Å². The second-order valence-corrected chi connectivity index (χ2v) is 4.93. The number of nitriles is 1. The number of nitrogens with zero attached hydrogens (tertiary/aromatic N) is 2. The molecule has 0 saturated carbocycles. The molecule has 0 aromatic heterocycles. The molecule has 4 nitrogen and oxygen atoms in total. The van der Waals surface area contributed by atoms with Gasteiger partial charge in [-0.05, 0) is 48.9 Å². The maximum Gasteiger partial charge on any atom is 0.253 e. The molecule has 2 aromatic rings. The van der Waals surface area contributed by atoms with Gasteiger partial charge in [0.15, 0.2) is 0 Å². The molecule has 0 spiro atoms. The summed E-state index contributed by atoms with van der Waals surface area (Å²) in [6.45, 7) is 3.10. The maximum absolute atomic E-state index is 12.3. The summed E-state index contributed by atoms with van der Waals surface area (Å²) in [7, 11) is 1.76. The zero-order valence-corrected chi connectivity index (χ0v) is 12.7. The topological polar surface area (TPSA) is 53.3 Å². The van der Waals surface area contributed by atoms with Crippen molar-refractivity contribution in [3.63, 3.8) is 0 Å². The zero-order valence-electron chi connectivity index (χ0n) is 12.7. The van der Waals surface area contributed by atoms with Crippen LogP contribution in [-0.2, 0) is 6.54 Å². The molecule has 0 unspecified atom stereocenters. The summed E-state index contributed by atoms with van der Waals surface area (Å²) in [5.74, 6) is 0.755. The first-order valence-electron chi connectivity index (χ1n) is 7.11. The third kappa shape index (κ3) is 3.86. The largest absolute Gasteiger partial charge is 0.494 e. The minimum atomic E-state index is -0.0709. The molecular formula is C18H18N2O2. The molecule has 0 aliphatic rings. The molecule has 0 aliphatic heterocycles. The standard InChI is InChI=1S/C18H18N2O2/c1-3-22-17-10-6-15(7-11-17)13-20(2)18(21)16-8-4-14(12-19)5-9-16/h4-11H,3,13H2,1-2H3. The summed E-state index contributed by atoms with van der Waals surface area (Å²) in [6, 6.07) is 16.4. The van der Waals surface area contributed by atoms with Crippen molar-refractivity contribution in [1.82, 2.24) is 4.90 Å². The van der Waals surface area contributed by atoms with Gasteiger partial charge in [-0.15, -0.1) is 0 Å². The van der Waals surface area contributed by atoms with Gasteiger partial charge in [0.25, 0.3) is 5.91 Å². The summed E-state index contributed by atoms with van der Waals surface area (Å²) < 4.78 is 5.40. The van der Waals surface area contributed by atoms with Crippen LogP contribution in [0.3, 0.4) is 0 Å². The van der Waals surface area contributed by atoms with Gasteiger partial charge in [-0.3, -0.25) is 4.79 Å². The number of amides is 1. The Morgan fingerprint density at radius 3 is 2.32 bits per heavy atom. The van der Waals surface area contributed by atoms with Gasteiger partial charge in [-0.2, -0.15) is 5.26 Å². The first-order valence-corrected chi connectivity index (χ1v) is 7.11. The Morgan fingerprint density at radius 1 is 1.14 bits per heavy atom. The minimum absolute atomic E-state index is 0.0709. The first kappa shape index (κ1) is 15.6. The molecule has 1 amide bonds. The molecule has 0 N–H and O–H groups in total. The SMILES string of the molecule is CCOc1ccc(CN(C)C(=O)c2ccc(C#N)cc2)cc1. The smallest absolute Gasteiger partial charge is 0.253 e. The van der Waals surface area contributed by atoms with Gasteiger partial charge < -0.3 is 9.64 Å². The molecule has 112 valence electrons. The van der Waals surface area contributed by atoms with Crippen LogP contribution in [0.4, 0.5) is 0 Å². The van der Waals surface area contributed by atoms with Crippen LogP contribution in [0.15, 0.2) is 48.5 Å². The average Bonchev–Trinajstić information content (AvgIpc) is 2.56. The van der Waals surface area contributed by atoms with Crippen LogP contribution in [0.25, 0.3) is 0 Å². The van der Waals surface area contributed by atoms with E-state index in [9.17, 15) is 4.79 Å². The summed E-state index contributed by atoms with van der Waals surface area (Å²) in [5.41, 5.74) is 2.16. The van der Waals surface area contributed by atoms with Crippen LogP contribution < -0.4 is 4.74 Å². The molecule has 0 saturated heterocycles. The Bertz CT molecular complexity index is 670. The van der Waals surface area contributed by atoms with E-state index in [1.165, 1.54) is 0 Å². The number of rotatable bonds is 5. The van der Waals surface area contributed by atoms with E-state index >= 15 is 0 Å². The third-order valence-electron chi connectivity index (χ3n) is 3.26. The van der Waals surface area contributed by atoms with Gasteiger partial charge in [-0.1, -0.05) is 12.1 Å². The highest BCUT2D eigenvalue weighted by atomic mass is 16.5. The number of hydrogen-bond acceptors (Lipinski definition) is 3. The minimum Gasteiger partial charge on any atom is -0.494 e. The predicted molar refractivity (Wildman–Crippen MR) is 84.6 cm³/mol. The number of hydrogen-bond donors (Lipinski definition) is 0. The van der Waals surface area contributed by atoms with Crippen LogP contribution in [0.2, 0.25) is 0 Å². The fourth-order valence-electron chi connectivity index (χ4n) is 2.11. The molecule has 4 heteroatoms. The number of ether oxygens (including phenoxy) is 1. The molecule has 0 heterocycles. The average molecular weight is 294 g/mol. The molecular weight excluding hydrogens is 276 g/mol. The van der Waals surface area contributed by atoms with Crippen LogP contribution in [-0.4, -0.2) is 24.5 Å². The Hall–Kier alpha value is -2.80. The van der Waals surface area contributed by atoms with Crippen molar-refractivity contribution in [1.29, 1.82) is 5.26 Å². The van der Waals surface area contributed by atoms with Crippen molar-refractivity contribution in [2.45, 2.75) is 13.5 Å². The lowest BCUT2D eigenvalue weighted by molar-refractivity contribution is 0.0785. The quantitative estimate of drug-likeness (QED) is 0.850. The van der Waals surface area contributed by atoms with Crippen molar-refractivity contribution in [2.24, 2.45) is 0 Å². The van der Waals surface area contributed by atoms with E-state index in [2.05, 4.69) is 0 Å². The predicted octanol–water partition coefficient (Wildman–Crippen LogP) is 3.23. The highest BCUT2D eigenvalue weighted by Crippen LogP contribution is 2.14.